The first-order valence-corrected chi connectivity index (χ1v) is 11.8. The molecule has 0 aliphatic carbocycles. The van der Waals surface area contributed by atoms with Crippen molar-refractivity contribution in [3.8, 4) is 0 Å². The Labute approximate surface area is 180 Å². The van der Waals surface area contributed by atoms with Crippen molar-refractivity contribution in [3.05, 3.63) is 24.3 Å². The van der Waals surface area contributed by atoms with E-state index >= 15 is 0 Å². The van der Waals surface area contributed by atoms with Gasteiger partial charge in [-0.2, -0.15) is 0 Å². The number of hydrogen-bond acceptors (Lipinski definition) is 4. The second-order valence-electron chi connectivity index (χ2n) is 9.36. The topological polar surface area (TPSA) is 53.4 Å². The monoisotopic (exact) mass is 411 g/mol. The van der Waals surface area contributed by atoms with E-state index in [9.17, 15) is 4.79 Å². The highest BCUT2D eigenvalue weighted by molar-refractivity contribution is 5.81. The van der Waals surface area contributed by atoms with Gasteiger partial charge in [0.1, 0.15) is 0 Å². The number of likely N-dealkylation sites (tertiary alicyclic amines) is 1. The first-order chi connectivity index (χ1) is 14.6. The minimum Gasteiger partial charge on any atom is -0.355 e. The summed E-state index contributed by atoms with van der Waals surface area (Å²) in [6, 6.07) is 8.40. The van der Waals surface area contributed by atoms with Gasteiger partial charge in [0.2, 0.25) is 11.9 Å². The molecule has 2 aromatic rings. The van der Waals surface area contributed by atoms with Crippen LogP contribution in [0.5, 0.6) is 0 Å². The molecule has 30 heavy (non-hydrogen) atoms. The van der Waals surface area contributed by atoms with Crippen LogP contribution in [0, 0.1) is 11.8 Å². The summed E-state index contributed by atoms with van der Waals surface area (Å²) in [5.41, 5.74) is 2.25. The molecule has 3 heterocycles. The van der Waals surface area contributed by atoms with Crippen molar-refractivity contribution in [3.63, 3.8) is 0 Å². The molecule has 1 amide bonds. The van der Waals surface area contributed by atoms with Crippen molar-refractivity contribution in [2.75, 3.05) is 44.2 Å². The molecule has 0 bridgehead atoms. The van der Waals surface area contributed by atoms with Crippen LogP contribution < -0.4 is 10.2 Å². The van der Waals surface area contributed by atoms with Crippen LogP contribution in [-0.4, -0.2) is 59.6 Å². The molecule has 2 fully saturated rings. The molecular weight excluding hydrogens is 374 g/mol. The van der Waals surface area contributed by atoms with E-state index in [0.29, 0.717) is 5.92 Å². The number of hydrogen-bond donors (Lipinski definition) is 1. The van der Waals surface area contributed by atoms with E-state index in [1.807, 2.05) is 0 Å². The molecule has 4 rings (SSSR count). The maximum absolute atomic E-state index is 12.8. The van der Waals surface area contributed by atoms with Gasteiger partial charge in [-0.3, -0.25) is 4.79 Å². The van der Waals surface area contributed by atoms with Crippen molar-refractivity contribution in [2.45, 2.75) is 52.5 Å². The molecule has 0 saturated carbocycles. The number of fused-ring (bicyclic) bond motifs is 1. The van der Waals surface area contributed by atoms with E-state index in [-0.39, 0.29) is 11.8 Å². The third-order valence-electron chi connectivity index (χ3n) is 6.57. The highest BCUT2D eigenvalue weighted by atomic mass is 16.1. The van der Waals surface area contributed by atoms with Crippen molar-refractivity contribution < 1.29 is 4.79 Å². The molecule has 6 heteroatoms. The SMILES string of the molecule is CC(C)CCn1c(N2CCC[C@H](C(=O)NCCN3CCCC3)C2)nc2ccccc21. The van der Waals surface area contributed by atoms with Crippen LogP contribution in [0.3, 0.4) is 0 Å². The van der Waals surface area contributed by atoms with Crippen LogP contribution in [0.4, 0.5) is 5.95 Å². The largest absolute Gasteiger partial charge is 0.355 e. The lowest BCUT2D eigenvalue weighted by molar-refractivity contribution is -0.125. The summed E-state index contributed by atoms with van der Waals surface area (Å²) in [4.78, 5) is 22.6. The number of carbonyl (C=O) groups excluding carboxylic acids is 1. The number of benzene rings is 1. The van der Waals surface area contributed by atoms with Crippen LogP contribution in [-0.2, 0) is 11.3 Å². The number of anilines is 1. The van der Waals surface area contributed by atoms with Crippen molar-refractivity contribution in [2.24, 2.45) is 11.8 Å². The molecule has 0 spiro atoms. The van der Waals surface area contributed by atoms with Gasteiger partial charge >= 0.3 is 0 Å². The Balaban J connectivity index is 1.42. The molecule has 6 nitrogen and oxygen atoms in total. The number of para-hydroxylation sites is 2. The molecule has 1 N–H and O–H groups in total. The lowest BCUT2D eigenvalue weighted by atomic mass is 9.97. The number of nitrogens with one attached hydrogen (secondary N) is 1. The van der Waals surface area contributed by atoms with Gasteiger partial charge in [-0.05, 0) is 63.2 Å². The Morgan fingerprint density at radius 2 is 1.93 bits per heavy atom. The summed E-state index contributed by atoms with van der Waals surface area (Å²) >= 11 is 0. The van der Waals surface area contributed by atoms with Crippen LogP contribution in [0.2, 0.25) is 0 Å². The summed E-state index contributed by atoms with van der Waals surface area (Å²) in [6.45, 7) is 11.3. The summed E-state index contributed by atoms with van der Waals surface area (Å²) in [6.07, 6.45) is 5.73. The second-order valence-corrected chi connectivity index (χ2v) is 9.36. The fourth-order valence-corrected chi connectivity index (χ4v) is 4.77. The first-order valence-electron chi connectivity index (χ1n) is 11.8. The lowest BCUT2D eigenvalue weighted by Crippen LogP contribution is -2.45. The molecule has 2 aliphatic heterocycles. The van der Waals surface area contributed by atoms with Crippen LogP contribution in [0.15, 0.2) is 24.3 Å². The van der Waals surface area contributed by atoms with Crippen LogP contribution in [0.25, 0.3) is 11.0 Å². The average molecular weight is 412 g/mol. The van der Waals surface area contributed by atoms with E-state index in [1.165, 1.54) is 31.4 Å². The number of carbonyl (C=O) groups is 1. The van der Waals surface area contributed by atoms with Gasteiger partial charge in [-0.15, -0.1) is 0 Å². The Morgan fingerprint density at radius 3 is 2.73 bits per heavy atom. The van der Waals surface area contributed by atoms with Crippen LogP contribution in [0.1, 0.15) is 46.0 Å². The molecule has 0 unspecified atom stereocenters. The molecule has 1 aromatic carbocycles. The molecule has 1 aromatic heterocycles. The highest BCUT2D eigenvalue weighted by Gasteiger charge is 2.28. The zero-order valence-corrected chi connectivity index (χ0v) is 18.6. The summed E-state index contributed by atoms with van der Waals surface area (Å²) < 4.78 is 2.36. The minimum atomic E-state index is 0.0516. The maximum atomic E-state index is 12.8. The van der Waals surface area contributed by atoms with E-state index in [2.05, 4.69) is 57.8 Å². The van der Waals surface area contributed by atoms with Gasteiger partial charge in [-0.1, -0.05) is 26.0 Å². The van der Waals surface area contributed by atoms with Crippen molar-refractivity contribution in [1.29, 1.82) is 0 Å². The smallest absolute Gasteiger partial charge is 0.224 e. The van der Waals surface area contributed by atoms with Crippen molar-refractivity contribution in [1.82, 2.24) is 19.8 Å². The van der Waals surface area contributed by atoms with E-state index in [4.69, 9.17) is 4.98 Å². The van der Waals surface area contributed by atoms with E-state index in [0.717, 1.165) is 63.5 Å². The number of imidazole rings is 1. The number of piperidine rings is 1. The highest BCUT2D eigenvalue weighted by Crippen LogP contribution is 2.28. The minimum absolute atomic E-state index is 0.0516. The number of amides is 1. The molecule has 0 radical (unpaired) electrons. The predicted octanol–water partition coefficient (Wildman–Crippen LogP) is 3.51. The summed E-state index contributed by atoms with van der Waals surface area (Å²) in [7, 11) is 0. The Morgan fingerprint density at radius 1 is 1.13 bits per heavy atom. The van der Waals surface area contributed by atoms with Gasteiger partial charge in [-0.25, -0.2) is 4.98 Å². The van der Waals surface area contributed by atoms with Crippen LogP contribution >= 0.6 is 0 Å². The van der Waals surface area contributed by atoms with Gasteiger partial charge in [0.05, 0.1) is 17.0 Å². The number of rotatable bonds is 8. The number of aromatic nitrogens is 2. The molecule has 2 saturated heterocycles. The Bertz CT molecular complexity index is 839. The fraction of sp³-hybridized carbons (Fsp3) is 0.667. The average Bonchev–Trinajstić information content (AvgIpc) is 3.40. The quantitative estimate of drug-likeness (QED) is 0.722. The van der Waals surface area contributed by atoms with E-state index < -0.39 is 0 Å². The van der Waals surface area contributed by atoms with E-state index in [1.54, 1.807) is 0 Å². The predicted molar refractivity (Wildman–Crippen MR) is 123 cm³/mol. The van der Waals surface area contributed by atoms with Gasteiger partial charge in [0.25, 0.3) is 0 Å². The summed E-state index contributed by atoms with van der Waals surface area (Å²) in [5, 5.41) is 3.20. The van der Waals surface area contributed by atoms with Crippen molar-refractivity contribution >= 4 is 22.9 Å². The normalized spacial score (nSPS) is 20.4. The maximum Gasteiger partial charge on any atom is 0.224 e. The second kappa shape index (κ2) is 9.82. The number of aryl methyl sites for hydroxylation is 1. The molecular formula is C24H37N5O. The molecule has 1 atom stereocenters. The van der Waals surface area contributed by atoms with Gasteiger partial charge < -0.3 is 19.7 Å². The standard InChI is InChI=1S/C24H37N5O/c1-19(2)11-16-29-22-10-4-3-9-21(22)26-24(29)28-15-7-8-20(18-28)23(30)25-12-17-27-13-5-6-14-27/h3-4,9-10,19-20H,5-8,11-18H2,1-2H3,(H,25,30)/t20-/m0/s1. The van der Waals surface area contributed by atoms with Gasteiger partial charge in [0, 0.05) is 32.7 Å². The lowest BCUT2D eigenvalue weighted by Gasteiger charge is -2.33. The number of nitrogens with zero attached hydrogens (tertiary/aromatic N) is 4. The third kappa shape index (κ3) is 4.97. The zero-order valence-electron chi connectivity index (χ0n) is 18.6. The summed E-state index contributed by atoms with van der Waals surface area (Å²) in [5.74, 6) is 1.94. The van der Waals surface area contributed by atoms with Gasteiger partial charge in [0.15, 0.2) is 0 Å². The Hall–Kier alpha value is -2.08. The molecule has 2 aliphatic rings. The fourth-order valence-electron chi connectivity index (χ4n) is 4.77. The first kappa shape index (κ1) is 21.2. The molecule has 164 valence electrons. The third-order valence-corrected chi connectivity index (χ3v) is 6.57. The Kier molecular flexibility index (Phi) is 6.93. The zero-order chi connectivity index (χ0) is 20.9.